The second kappa shape index (κ2) is 8.53. The molecule has 0 bridgehead atoms. The average Bonchev–Trinajstić information content (AvgIpc) is 2.60. The summed E-state index contributed by atoms with van der Waals surface area (Å²) in [5.41, 5.74) is 0.641. The highest BCUT2D eigenvalue weighted by Crippen LogP contribution is 2.26. The van der Waals surface area contributed by atoms with E-state index < -0.39 is 0 Å². The van der Waals surface area contributed by atoms with Crippen LogP contribution in [0.15, 0.2) is 42.5 Å². The minimum atomic E-state index is -0.324. The Morgan fingerprint density at radius 1 is 1.11 bits per heavy atom. The van der Waals surface area contributed by atoms with Crippen molar-refractivity contribution in [3.8, 4) is 0 Å². The van der Waals surface area contributed by atoms with Crippen LogP contribution in [0.5, 0.6) is 0 Å². The molecule has 2 amide bonds. The standard InChI is InChI=1S/C22H31N3O2/c1-7-25(19-14-10-12-17-11-8-9-13-18(17)19)21(27)16(2)24(6)15-20(26)23-22(3,4)5/h8-14,16H,7,15H2,1-6H3,(H,23,26)/p+1/t16-/m0/s1. The van der Waals surface area contributed by atoms with Gasteiger partial charge < -0.3 is 15.1 Å². The van der Waals surface area contributed by atoms with Gasteiger partial charge in [-0.05, 0) is 46.1 Å². The van der Waals surface area contributed by atoms with Crippen LogP contribution in [0.4, 0.5) is 5.69 Å². The van der Waals surface area contributed by atoms with Crippen LogP contribution in [0.3, 0.4) is 0 Å². The average molecular weight is 371 g/mol. The molecule has 0 aliphatic rings. The van der Waals surface area contributed by atoms with E-state index in [0.717, 1.165) is 21.4 Å². The summed E-state index contributed by atoms with van der Waals surface area (Å²) in [6, 6.07) is 13.8. The van der Waals surface area contributed by atoms with Crippen molar-refractivity contribution in [2.75, 3.05) is 25.0 Å². The molecule has 2 aromatic carbocycles. The minimum Gasteiger partial charge on any atom is -0.347 e. The molecule has 146 valence electrons. The van der Waals surface area contributed by atoms with E-state index in [1.807, 2.05) is 76.9 Å². The van der Waals surface area contributed by atoms with E-state index in [2.05, 4.69) is 17.4 Å². The van der Waals surface area contributed by atoms with E-state index in [4.69, 9.17) is 0 Å². The number of rotatable bonds is 6. The molecule has 0 aromatic heterocycles. The van der Waals surface area contributed by atoms with Crippen LogP contribution in [0, 0.1) is 0 Å². The summed E-state index contributed by atoms with van der Waals surface area (Å²) in [5.74, 6) is -0.0252. The summed E-state index contributed by atoms with van der Waals surface area (Å²) in [7, 11) is 1.89. The molecule has 2 atom stereocenters. The second-order valence-electron chi connectivity index (χ2n) is 8.12. The van der Waals surface area contributed by atoms with Gasteiger partial charge in [0.2, 0.25) is 0 Å². The first-order chi connectivity index (χ1) is 12.6. The summed E-state index contributed by atoms with van der Waals surface area (Å²) in [6.45, 7) is 10.6. The summed E-state index contributed by atoms with van der Waals surface area (Å²) in [5, 5.41) is 5.13. The highest BCUT2D eigenvalue weighted by Gasteiger charge is 2.29. The van der Waals surface area contributed by atoms with Crippen LogP contribution in [-0.4, -0.2) is 43.5 Å². The van der Waals surface area contributed by atoms with Crippen LogP contribution < -0.4 is 15.1 Å². The first kappa shape index (κ1) is 20.9. The molecule has 5 nitrogen and oxygen atoms in total. The summed E-state index contributed by atoms with van der Waals surface area (Å²) in [4.78, 5) is 28.1. The van der Waals surface area contributed by atoms with Gasteiger partial charge in [-0.1, -0.05) is 36.4 Å². The van der Waals surface area contributed by atoms with Crippen molar-refractivity contribution in [3.05, 3.63) is 42.5 Å². The predicted molar refractivity (Wildman–Crippen MR) is 111 cm³/mol. The number of hydrogen-bond donors (Lipinski definition) is 2. The van der Waals surface area contributed by atoms with Crippen LogP contribution in [0.2, 0.25) is 0 Å². The molecule has 1 unspecified atom stereocenters. The van der Waals surface area contributed by atoms with Crippen LogP contribution in [0.25, 0.3) is 10.8 Å². The number of nitrogens with one attached hydrogen (secondary N) is 2. The number of likely N-dealkylation sites (N-methyl/N-ethyl adjacent to an activating group) is 2. The molecule has 0 saturated heterocycles. The van der Waals surface area contributed by atoms with Gasteiger partial charge in [-0.3, -0.25) is 9.59 Å². The van der Waals surface area contributed by atoms with Crippen molar-refractivity contribution in [1.29, 1.82) is 0 Å². The van der Waals surface area contributed by atoms with E-state index in [1.54, 1.807) is 0 Å². The van der Waals surface area contributed by atoms with E-state index in [1.165, 1.54) is 0 Å². The molecule has 0 saturated carbocycles. The van der Waals surface area contributed by atoms with E-state index in [0.29, 0.717) is 6.54 Å². The Balaban J connectivity index is 2.19. The molecule has 2 N–H and O–H groups in total. The maximum atomic E-state index is 13.2. The fourth-order valence-corrected chi connectivity index (χ4v) is 3.20. The summed E-state index contributed by atoms with van der Waals surface area (Å²) in [6.07, 6.45) is 0. The SMILES string of the molecule is CCN(C(=O)[C@H](C)[NH+](C)CC(=O)NC(C)(C)C)c1cccc2ccccc12. The van der Waals surface area contributed by atoms with Gasteiger partial charge in [0.25, 0.3) is 11.8 Å². The Labute approximate surface area is 162 Å². The smallest absolute Gasteiger partial charge is 0.284 e. The largest absolute Gasteiger partial charge is 0.347 e. The quantitative estimate of drug-likeness (QED) is 0.817. The normalized spacial score (nSPS) is 13.9. The van der Waals surface area contributed by atoms with Gasteiger partial charge in [0.1, 0.15) is 0 Å². The monoisotopic (exact) mass is 370 g/mol. The fourth-order valence-electron chi connectivity index (χ4n) is 3.20. The first-order valence-corrected chi connectivity index (χ1v) is 9.56. The van der Waals surface area contributed by atoms with Gasteiger partial charge in [0.05, 0.1) is 12.7 Å². The lowest BCUT2D eigenvalue weighted by atomic mass is 10.1. The Morgan fingerprint density at radius 2 is 1.74 bits per heavy atom. The lowest BCUT2D eigenvalue weighted by Crippen LogP contribution is -3.15. The number of amides is 2. The zero-order chi connectivity index (χ0) is 20.2. The van der Waals surface area contributed by atoms with E-state index in [9.17, 15) is 9.59 Å². The summed E-state index contributed by atoms with van der Waals surface area (Å²) >= 11 is 0. The van der Waals surface area contributed by atoms with Gasteiger partial charge in [-0.2, -0.15) is 0 Å². The third-order valence-corrected chi connectivity index (χ3v) is 4.70. The number of hydrogen-bond acceptors (Lipinski definition) is 2. The molecular formula is C22H32N3O2+. The molecule has 27 heavy (non-hydrogen) atoms. The highest BCUT2D eigenvalue weighted by molar-refractivity contribution is 6.04. The molecule has 0 aliphatic carbocycles. The number of anilines is 1. The number of carbonyl (C=O) groups is 2. The topological polar surface area (TPSA) is 53.9 Å². The van der Waals surface area contributed by atoms with Gasteiger partial charge >= 0.3 is 0 Å². The van der Waals surface area contributed by atoms with Crippen LogP contribution >= 0.6 is 0 Å². The molecule has 2 aromatic rings. The Bertz CT molecular complexity index is 805. The Morgan fingerprint density at radius 3 is 2.37 bits per heavy atom. The van der Waals surface area contributed by atoms with E-state index in [-0.39, 0.29) is 29.9 Å². The van der Waals surface area contributed by atoms with Crippen molar-refractivity contribution in [3.63, 3.8) is 0 Å². The predicted octanol–water partition coefficient (Wildman–Crippen LogP) is 2.01. The van der Waals surface area contributed by atoms with Gasteiger partial charge in [0, 0.05) is 17.5 Å². The lowest BCUT2D eigenvalue weighted by molar-refractivity contribution is -0.885. The third kappa shape index (κ3) is 5.30. The number of quaternary nitrogens is 1. The Kier molecular flexibility index (Phi) is 6.60. The van der Waals surface area contributed by atoms with Crippen molar-refractivity contribution in [2.45, 2.75) is 46.2 Å². The van der Waals surface area contributed by atoms with Gasteiger partial charge in [0.15, 0.2) is 12.6 Å². The van der Waals surface area contributed by atoms with Crippen molar-refractivity contribution >= 4 is 28.3 Å². The Hall–Kier alpha value is -2.40. The molecule has 0 heterocycles. The molecular weight excluding hydrogens is 338 g/mol. The molecule has 0 spiro atoms. The first-order valence-electron chi connectivity index (χ1n) is 9.56. The number of fused-ring (bicyclic) bond motifs is 1. The molecule has 0 fully saturated rings. The molecule has 2 rings (SSSR count). The number of nitrogens with zero attached hydrogens (tertiary/aromatic N) is 1. The highest BCUT2D eigenvalue weighted by atomic mass is 16.2. The van der Waals surface area contributed by atoms with Crippen molar-refractivity contribution < 1.29 is 14.5 Å². The third-order valence-electron chi connectivity index (χ3n) is 4.70. The van der Waals surface area contributed by atoms with Gasteiger partial charge in [-0.15, -0.1) is 0 Å². The zero-order valence-corrected chi connectivity index (χ0v) is 17.3. The second-order valence-corrected chi connectivity index (χ2v) is 8.12. The zero-order valence-electron chi connectivity index (χ0n) is 17.3. The van der Waals surface area contributed by atoms with Crippen LogP contribution in [-0.2, 0) is 9.59 Å². The lowest BCUT2D eigenvalue weighted by Gasteiger charge is -2.29. The number of carbonyl (C=O) groups excluding carboxylic acids is 2. The van der Waals surface area contributed by atoms with Crippen LogP contribution in [0.1, 0.15) is 34.6 Å². The van der Waals surface area contributed by atoms with Crippen molar-refractivity contribution in [1.82, 2.24) is 5.32 Å². The molecule has 0 aliphatic heterocycles. The molecule has 5 heteroatoms. The van der Waals surface area contributed by atoms with Crippen molar-refractivity contribution in [2.24, 2.45) is 0 Å². The minimum absolute atomic E-state index is 0.0231. The van der Waals surface area contributed by atoms with E-state index >= 15 is 0 Å². The fraction of sp³-hybridized carbons (Fsp3) is 0.455. The number of benzene rings is 2. The molecule has 0 radical (unpaired) electrons. The maximum Gasteiger partial charge on any atom is 0.284 e. The summed E-state index contributed by atoms with van der Waals surface area (Å²) < 4.78 is 0. The van der Waals surface area contributed by atoms with Gasteiger partial charge in [-0.25, -0.2) is 0 Å². The maximum absolute atomic E-state index is 13.2.